The minimum Gasteiger partial charge on any atom is -0.504 e. The molecule has 0 aliphatic heterocycles. The highest BCUT2D eigenvalue weighted by Gasteiger charge is 2.16. The van der Waals surface area contributed by atoms with Crippen molar-refractivity contribution in [1.29, 1.82) is 0 Å². The zero-order chi connectivity index (χ0) is 22.0. The normalized spacial score (nSPS) is 10.7. The van der Waals surface area contributed by atoms with E-state index in [4.69, 9.17) is 18.9 Å². The van der Waals surface area contributed by atoms with Crippen molar-refractivity contribution in [3.05, 3.63) is 42.6 Å². The molecule has 160 valence electrons. The lowest BCUT2D eigenvalue weighted by Gasteiger charge is -2.14. The summed E-state index contributed by atoms with van der Waals surface area (Å²) in [6.45, 7) is 0. The summed E-state index contributed by atoms with van der Waals surface area (Å²) in [5, 5.41) is 17.8. The Morgan fingerprint density at radius 2 is 1.58 bits per heavy atom. The molecule has 4 rings (SSSR count). The lowest BCUT2D eigenvalue weighted by Crippen LogP contribution is -1.99. The van der Waals surface area contributed by atoms with E-state index >= 15 is 0 Å². The Morgan fingerprint density at radius 3 is 2.19 bits per heavy atom. The van der Waals surface area contributed by atoms with Crippen LogP contribution in [0.2, 0.25) is 0 Å². The number of rotatable bonds is 7. The molecule has 0 amide bonds. The Bertz CT molecular complexity index is 1220. The van der Waals surface area contributed by atoms with Gasteiger partial charge in [0.25, 0.3) is 5.78 Å². The maximum absolute atomic E-state index is 10.1. The molecule has 0 saturated carbocycles. The van der Waals surface area contributed by atoms with Crippen molar-refractivity contribution in [1.82, 2.24) is 19.6 Å². The molecule has 0 aliphatic carbocycles. The van der Waals surface area contributed by atoms with E-state index in [0.717, 1.165) is 5.56 Å². The number of hydrogen-bond donors (Lipinski definition) is 2. The standard InChI is InChI=1S/C21H21N5O5/c1-28-16-6-5-12(9-15(16)27)14-7-8-22-21-24-20(25-26(14)21)23-13-10-17(29-2)19(31-4)18(11-13)30-3/h5-11,27H,1-4H3,(H,23,25). The maximum Gasteiger partial charge on any atom is 0.254 e. The highest BCUT2D eigenvalue weighted by molar-refractivity contribution is 5.68. The van der Waals surface area contributed by atoms with Gasteiger partial charge >= 0.3 is 0 Å². The highest BCUT2D eigenvalue weighted by atomic mass is 16.5. The number of nitrogens with one attached hydrogen (secondary N) is 1. The third-order valence-electron chi connectivity index (χ3n) is 4.64. The average molecular weight is 423 g/mol. The van der Waals surface area contributed by atoms with Crippen LogP contribution in [-0.4, -0.2) is 53.1 Å². The molecule has 2 aromatic carbocycles. The molecule has 2 aromatic heterocycles. The molecule has 0 saturated heterocycles. The van der Waals surface area contributed by atoms with E-state index in [9.17, 15) is 5.11 Å². The van der Waals surface area contributed by atoms with Gasteiger partial charge in [0, 0.05) is 29.6 Å². The van der Waals surface area contributed by atoms with Gasteiger partial charge in [0.15, 0.2) is 23.0 Å². The van der Waals surface area contributed by atoms with Crippen LogP contribution in [0.15, 0.2) is 42.6 Å². The predicted molar refractivity (Wildman–Crippen MR) is 114 cm³/mol. The molecule has 31 heavy (non-hydrogen) atoms. The van der Waals surface area contributed by atoms with Crippen LogP contribution in [0.25, 0.3) is 17.0 Å². The van der Waals surface area contributed by atoms with Gasteiger partial charge in [-0.15, -0.1) is 5.10 Å². The number of phenols is 1. The number of benzene rings is 2. The Hall–Kier alpha value is -4.21. The Balaban J connectivity index is 1.73. The van der Waals surface area contributed by atoms with Crippen molar-refractivity contribution in [2.75, 3.05) is 33.8 Å². The van der Waals surface area contributed by atoms with Gasteiger partial charge in [0.05, 0.1) is 34.1 Å². The fourth-order valence-electron chi connectivity index (χ4n) is 3.20. The van der Waals surface area contributed by atoms with E-state index in [0.29, 0.717) is 46.1 Å². The fraction of sp³-hybridized carbons (Fsp3) is 0.190. The molecule has 0 unspecified atom stereocenters. The second kappa shape index (κ2) is 8.27. The number of methoxy groups -OCH3 is 4. The number of anilines is 2. The molecule has 0 aliphatic rings. The number of ether oxygens (including phenoxy) is 4. The van der Waals surface area contributed by atoms with Crippen molar-refractivity contribution in [3.8, 4) is 40.0 Å². The van der Waals surface area contributed by atoms with Crippen LogP contribution < -0.4 is 24.3 Å². The molecule has 2 heterocycles. The third-order valence-corrected chi connectivity index (χ3v) is 4.64. The van der Waals surface area contributed by atoms with Crippen LogP contribution in [0.4, 0.5) is 11.6 Å². The Morgan fingerprint density at radius 1 is 0.871 bits per heavy atom. The SMILES string of the molecule is COc1ccc(-c2ccnc3nc(Nc4cc(OC)c(OC)c(OC)c4)nn23)cc1O. The molecule has 0 atom stereocenters. The lowest BCUT2D eigenvalue weighted by atomic mass is 10.1. The van der Waals surface area contributed by atoms with E-state index in [2.05, 4.69) is 20.4 Å². The fourth-order valence-corrected chi connectivity index (χ4v) is 3.20. The molecule has 0 spiro atoms. The van der Waals surface area contributed by atoms with Gasteiger partial charge in [-0.25, -0.2) is 4.98 Å². The smallest absolute Gasteiger partial charge is 0.254 e. The van der Waals surface area contributed by atoms with Gasteiger partial charge in [-0.05, 0) is 24.3 Å². The van der Waals surface area contributed by atoms with Crippen LogP contribution in [0.3, 0.4) is 0 Å². The van der Waals surface area contributed by atoms with Crippen LogP contribution in [-0.2, 0) is 0 Å². The summed E-state index contributed by atoms with van der Waals surface area (Å²) in [4.78, 5) is 8.71. The number of fused-ring (bicyclic) bond motifs is 1. The predicted octanol–water partition coefficient (Wildman–Crippen LogP) is 3.27. The quantitative estimate of drug-likeness (QED) is 0.462. The first kappa shape index (κ1) is 20.1. The van der Waals surface area contributed by atoms with Gasteiger partial charge in [-0.1, -0.05) is 0 Å². The number of nitrogens with zero attached hydrogens (tertiary/aromatic N) is 4. The number of aromatic hydroxyl groups is 1. The van der Waals surface area contributed by atoms with Gasteiger partial charge in [0.1, 0.15) is 0 Å². The van der Waals surface area contributed by atoms with Crippen LogP contribution >= 0.6 is 0 Å². The molecule has 10 nitrogen and oxygen atoms in total. The minimum absolute atomic E-state index is 0.0286. The average Bonchev–Trinajstić information content (AvgIpc) is 3.20. The molecule has 0 fully saturated rings. The summed E-state index contributed by atoms with van der Waals surface area (Å²) in [5.41, 5.74) is 2.08. The van der Waals surface area contributed by atoms with E-state index in [1.54, 1.807) is 62.4 Å². The summed E-state index contributed by atoms with van der Waals surface area (Å²) in [7, 11) is 6.13. The topological polar surface area (TPSA) is 112 Å². The second-order valence-corrected chi connectivity index (χ2v) is 6.40. The summed E-state index contributed by atoms with van der Waals surface area (Å²) in [5.74, 6) is 2.62. The van der Waals surface area contributed by atoms with E-state index in [1.807, 2.05) is 6.07 Å². The molecule has 0 bridgehead atoms. The lowest BCUT2D eigenvalue weighted by molar-refractivity contribution is 0.324. The maximum atomic E-state index is 10.1. The molecule has 0 radical (unpaired) electrons. The zero-order valence-electron chi connectivity index (χ0n) is 17.4. The first-order chi connectivity index (χ1) is 15.1. The molecular formula is C21H21N5O5. The van der Waals surface area contributed by atoms with Crippen molar-refractivity contribution in [2.45, 2.75) is 0 Å². The number of aromatic nitrogens is 4. The van der Waals surface area contributed by atoms with Gasteiger partial charge in [-0.2, -0.15) is 9.50 Å². The summed E-state index contributed by atoms with van der Waals surface area (Å²) >= 11 is 0. The van der Waals surface area contributed by atoms with E-state index in [1.165, 1.54) is 7.11 Å². The van der Waals surface area contributed by atoms with Crippen LogP contribution in [0.5, 0.6) is 28.7 Å². The minimum atomic E-state index is 0.0286. The summed E-state index contributed by atoms with van der Waals surface area (Å²) in [6, 6.07) is 10.4. The molecule has 2 N–H and O–H groups in total. The van der Waals surface area contributed by atoms with Gasteiger partial charge < -0.3 is 29.4 Å². The van der Waals surface area contributed by atoms with Crippen molar-refractivity contribution in [2.24, 2.45) is 0 Å². The summed E-state index contributed by atoms with van der Waals surface area (Å²) < 4.78 is 22.8. The highest BCUT2D eigenvalue weighted by Crippen LogP contribution is 2.40. The Kier molecular flexibility index (Phi) is 5.35. The van der Waals surface area contributed by atoms with Crippen LogP contribution in [0.1, 0.15) is 0 Å². The van der Waals surface area contributed by atoms with Crippen LogP contribution in [0, 0.1) is 0 Å². The van der Waals surface area contributed by atoms with Crippen molar-refractivity contribution < 1.29 is 24.1 Å². The van der Waals surface area contributed by atoms with Gasteiger partial charge in [0.2, 0.25) is 11.7 Å². The third kappa shape index (κ3) is 3.70. The summed E-state index contributed by atoms with van der Waals surface area (Å²) in [6.07, 6.45) is 1.63. The zero-order valence-corrected chi connectivity index (χ0v) is 17.4. The number of hydrogen-bond acceptors (Lipinski definition) is 9. The first-order valence-corrected chi connectivity index (χ1v) is 9.24. The number of phenolic OH excluding ortho intramolecular Hbond substituents is 1. The van der Waals surface area contributed by atoms with Gasteiger partial charge in [-0.3, -0.25) is 0 Å². The first-order valence-electron chi connectivity index (χ1n) is 9.24. The molecule has 4 aromatic rings. The monoisotopic (exact) mass is 423 g/mol. The molecule has 10 heteroatoms. The van der Waals surface area contributed by atoms with E-state index < -0.39 is 0 Å². The molecular weight excluding hydrogens is 402 g/mol. The van der Waals surface area contributed by atoms with Crippen molar-refractivity contribution >= 4 is 17.4 Å². The van der Waals surface area contributed by atoms with E-state index in [-0.39, 0.29) is 5.75 Å². The van der Waals surface area contributed by atoms with Crippen molar-refractivity contribution in [3.63, 3.8) is 0 Å². The Labute approximate surface area is 178 Å². The largest absolute Gasteiger partial charge is 0.504 e. The second-order valence-electron chi connectivity index (χ2n) is 6.40.